The van der Waals surface area contributed by atoms with E-state index in [0.717, 1.165) is 36.0 Å². The number of halogens is 15. The molecule has 0 atom stereocenters. The predicted molar refractivity (Wildman–Crippen MR) is 493 cm³/mol. The van der Waals surface area contributed by atoms with Gasteiger partial charge < -0.3 is 62.3 Å². The fourth-order valence-corrected chi connectivity index (χ4v) is 14.7. The molecule has 0 aliphatic carbocycles. The van der Waals surface area contributed by atoms with Crippen molar-refractivity contribution in [3.8, 4) is 56.3 Å². The molecule has 702 valence electrons. The average molecular weight is 1970 g/mol. The maximum atomic E-state index is 15.5. The summed E-state index contributed by atoms with van der Waals surface area (Å²) < 4.78 is 176. The Morgan fingerprint density at radius 1 is 0.382 bits per heavy atom. The van der Waals surface area contributed by atoms with Crippen LogP contribution in [0.15, 0.2) is 152 Å². The number of Topliss-reactive ketones (excluding diaryl/α,β-unsaturated/α-hetero) is 1. The van der Waals surface area contributed by atoms with Gasteiger partial charge in [-0.2, -0.15) is 0 Å². The molecule has 0 aliphatic rings. The molecule has 0 fully saturated rings. The molecule has 12 N–H and O–H groups in total. The van der Waals surface area contributed by atoms with Crippen LogP contribution in [-0.2, 0) is 30.3 Å². The number of aromatic amines is 2. The van der Waals surface area contributed by atoms with E-state index in [4.69, 9.17) is 96.1 Å². The molecule has 10 heterocycles. The molecular formula is C93H72Cl5F10N15O13. The largest absolute Gasteiger partial charge is 0.464 e. The number of rotatable bonds is 15. The van der Waals surface area contributed by atoms with Crippen molar-refractivity contribution in [2.45, 2.75) is 48.1 Å². The van der Waals surface area contributed by atoms with Gasteiger partial charge in [-0.3, -0.25) is 32.9 Å². The van der Waals surface area contributed by atoms with E-state index in [0.29, 0.717) is 26.9 Å². The van der Waals surface area contributed by atoms with Gasteiger partial charge in [0.2, 0.25) is 11.8 Å². The molecule has 136 heavy (non-hydrogen) atoms. The van der Waals surface area contributed by atoms with Crippen LogP contribution in [0.5, 0.6) is 0 Å². The van der Waals surface area contributed by atoms with Gasteiger partial charge >= 0.3 is 23.9 Å². The summed E-state index contributed by atoms with van der Waals surface area (Å²) in [5.41, 5.74) is 20.5. The number of pyridine rings is 5. The molecule has 16 rings (SSSR count). The highest BCUT2D eigenvalue weighted by Gasteiger charge is 2.34. The fourth-order valence-electron chi connectivity index (χ4n) is 13.6. The van der Waals surface area contributed by atoms with E-state index in [9.17, 15) is 69.1 Å². The van der Waals surface area contributed by atoms with Gasteiger partial charge in [-0.1, -0.05) is 153 Å². The Morgan fingerprint density at radius 3 is 1.01 bits per heavy atom. The van der Waals surface area contributed by atoms with E-state index < -0.39 is 183 Å². The Labute approximate surface area is 787 Å². The summed E-state index contributed by atoms with van der Waals surface area (Å²) in [6, 6.07) is 31.3. The van der Waals surface area contributed by atoms with Crippen LogP contribution in [-0.4, -0.2) is 131 Å². The first-order valence-electron chi connectivity index (χ1n) is 39.6. The molecule has 0 saturated carbocycles. The van der Waals surface area contributed by atoms with E-state index in [1.54, 1.807) is 108 Å². The minimum atomic E-state index is -1.10. The number of ether oxygens (including phenoxy) is 5. The molecule has 43 heteroatoms. The lowest BCUT2D eigenvalue weighted by atomic mass is 9.95. The zero-order valence-electron chi connectivity index (χ0n) is 72.4. The van der Waals surface area contributed by atoms with Crippen LogP contribution >= 0.6 is 58.0 Å². The highest BCUT2D eigenvalue weighted by atomic mass is 35.5. The third kappa shape index (κ3) is 19.3. The summed E-state index contributed by atoms with van der Waals surface area (Å²) in [5, 5.41) is 0.603. The summed E-state index contributed by atoms with van der Waals surface area (Å²) in [6.45, 7) is 9.37. The number of aromatic nitrogens is 10. The number of carbonyl (C=O) groups excluding carboxylic acids is 8. The lowest BCUT2D eigenvalue weighted by Gasteiger charge is -2.18. The predicted octanol–water partition coefficient (Wildman–Crippen LogP) is 21.3. The van der Waals surface area contributed by atoms with Crippen LogP contribution < -0.4 is 28.7 Å². The van der Waals surface area contributed by atoms with Gasteiger partial charge in [0.1, 0.15) is 47.4 Å². The molecule has 0 amide bonds. The Hall–Kier alpha value is -15.0. The maximum absolute atomic E-state index is 15.5. The zero-order valence-corrected chi connectivity index (χ0v) is 76.1. The quantitative estimate of drug-likeness (QED) is 0.0217. The van der Waals surface area contributed by atoms with E-state index in [1.807, 2.05) is 6.07 Å². The van der Waals surface area contributed by atoms with Gasteiger partial charge in [0.15, 0.2) is 86.7 Å². The van der Waals surface area contributed by atoms with Crippen molar-refractivity contribution >= 4 is 188 Å². The van der Waals surface area contributed by atoms with Crippen LogP contribution in [0.2, 0.25) is 25.1 Å². The van der Waals surface area contributed by atoms with Gasteiger partial charge in [-0.25, -0.2) is 88.0 Å². The monoisotopic (exact) mass is 1970 g/mol. The summed E-state index contributed by atoms with van der Waals surface area (Å²) >= 11 is 29.5. The summed E-state index contributed by atoms with van der Waals surface area (Å²) in [5.74, 6) is -15.1. The lowest BCUT2D eigenvalue weighted by molar-refractivity contribution is 0.0464. The molecule has 28 nitrogen and oxygen atoms in total. The number of carbonyl (C=O) groups is 8. The summed E-state index contributed by atoms with van der Waals surface area (Å²) in [6.07, 6.45) is 7.39. The van der Waals surface area contributed by atoms with Gasteiger partial charge in [0.05, 0.1) is 102 Å². The Bertz CT molecular complexity index is 7600. The first-order valence-corrected chi connectivity index (χ1v) is 41.5. The maximum Gasteiger partial charge on any atom is 0.358 e. The van der Waals surface area contributed by atoms with E-state index in [-0.39, 0.29) is 113 Å². The smallest absolute Gasteiger partial charge is 0.358 e. The molecule has 0 radical (unpaired) electrons. The second kappa shape index (κ2) is 40.9. The SMILES string of the molecule is CC(=O)c1nc(-c2ccc3cc[nH]c3c2F)c(F)c(N)c1Cl.COC(=O)c1nc(-c2ccc3ccn(C(=O)C(C)(C)C)c3c2F)c(F)c(N)c1Cl.COC(=O)c1nc(-c2ccc3ccn(C(=O)C(C)C)c3c2F)c(F)c(N)c1Cl.COCC(=O)n1ccc2ccc(-c3nc(C(=O)OC)c(Cl)c(N)c3F)c(F)c21.Nc1c(F)c(-c2ccc3cc[nH]c3c2F)nc(C(=O)OCc2ccccc2)c1Cl. The van der Waals surface area contributed by atoms with Gasteiger partial charge in [-0.15, -0.1) is 0 Å². The van der Waals surface area contributed by atoms with Crippen molar-refractivity contribution in [2.24, 2.45) is 11.3 Å². The number of hydrogen-bond acceptors (Lipinski definition) is 23. The van der Waals surface area contributed by atoms with E-state index in [2.05, 4.69) is 49.1 Å². The number of anilines is 5. The normalized spacial score (nSPS) is 11.2. The first kappa shape index (κ1) is 100. The van der Waals surface area contributed by atoms with Crippen molar-refractivity contribution < 1.29 is 106 Å². The van der Waals surface area contributed by atoms with Crippen LogP contribution in [0, 0.1) is 69.5 Å². The van der Waals surface area contributed by atoms with Crippen molar-refractivity contribution in [1.82, 2.24) is 48.6 Å². The number of H-pyrrole nitrogens is 2. The van der Waals surface area contributed by atoms with Gasteiger partial charge in [0, 0.05) is 111 Å². The number of ketones is 1. The van der Waals surface area contributed by atoms with Crippen molar-refractivity contribution in [2.75, 3.05) is 63.7 Å². The highest BCUT2D eigenvalue weighted by Crippen LogP contribution is 2.43. The van der Waals surface area contributed by atoms with E-state index in [1.165, 1.54) is 91.8 Å². The second-order valence-corrected chi connectivity index (χ2v) is 32.5. The molecule has 16 aromatic rings. The Balaban J connectivity index is 0.000000153. The number of esters is 4. The van der Waals surface area contributed by atoms with Crippen molar-refractivity contribution in [3.05, 3.63) is 270 Å². The molecule has 6 aromatic carbocycles. The van der Waals surface area contributed by atoms with Crippen molar-refractivity contribution in [3.63, 3.8) is 0 Å². The highest BCUT2D eigenvalue weighted by molar-refractivity contribution is 6.38. The number of fused-ring (bicyclic) bond motifs is 5. The Kier molecular flexibility index (Phi) is 30.1. The van der Waals surface area contributed by atoms with Crippen LogP contribution in [0.25, 0.3) is 111 Å². The number of nitrogens with zero attached hydrogens (tertiary/aromatic N) is 8. The molecule has 0 saturated heterocycles. The number of hydrogen-bond donors (Lipinski definition) is 7. The fraction of sp³-hybridized carbons (Fsp3) is 0.151. The number of nitrogen functional groups attached to an aromatic ring is 5. The number of benzene rings is 6. The van der Waals surface area contributed by atoms with Crippen LogP contribution in [0.1, 0.15) is 114 Å². The number of nitrogens with two attached hydrogens (primary N) is 5. The third-order valence-corrected chi connectivity index (χ3v) is 22.5. The molecule has 0 spiro atoms. The van der Waals surface area contributed by atoms with Crippen LogP contribution in [0.3, 0.4) is 0 Å². The van der Waals surface area contributed by atoms with Gasteiger partial charge in [-0.05, 0) is 66.2 Å². The molecular weight excluding hydrogens is 1900 g/mol. The number of nitrogens with one attached hydrogen (secondary N) is 2. The minimum Gasteiger partial charge on any atom is -0.464 e. The summed E-state index contributed by atoms with van der Waals surface area (Å²) in [7, 11) is 4.60. The van der Waals surface area contributed by atoms with Crippen LogP contribution in [0.4, 0.5) is 72.3 Å². The molecule has 10 aromatic heterocycles. The molecule has 0 unspecified atom stereocenters. The molecule has 0 bridgehead atoms. The number of methoxy groups -OCH3 is 4. The van der Waals surface area contributed by atoms with E-state index >= 15 is 13.2 Å². The topological polar surface area (TPSA) is 424 Å². The van der Waals surface area contributed by atoms with Gasteiger partial charge in [0.25, 0.3) is 5.91 Å². The third-order valence-electron chi connectivity index (χ3n) is 20.5. The zero-order chi connectivity index (χ0) is 99.6. The first-order chi connectivity index (χ1) is 64.4. The lowest BCUT2D eigenvalue weighted by Crippen LogP contribution is -2.26. The van der Waals surface area contributed by atoms with Crippen molar-refractivity contribution in [1.29, 1.82) is 0 Å². The standard InChI is InChI=1S/C21H14ClF2N3O2.C20H18ClF2N3O3.C19H16ClF2N3O3.C18H14ClF2N3O4.C15H10ClF2N3O/c22-14-17(25)16(24)19(13-7-6-12-8-9-26-18(12)15(13)23)27-20(14)21(28)29-10-11-4-2-1-3-5-11;1-20(2,3)19(28)26-8-7-9-5-6-10(12(22)17(9)26)15-13(23)14(24)11(21)16(25-15)18(27)29-4;1-8(2)18(26)25-7-6-9-4-5-10(12(21)17(9)25)15-13(22)14(23)11(20)16(24-15)19(27)28-3;1-27-7-10(25)24-6-5-8-3-4-9(12(20)17(8)24)15-13(21)14(22)11(19)16(23-15)18(26)28-2;1-6(22)13-9(16)12(19)11(18)15(21-13)8-3-2-7-4-5-20-14(7)10(8)17/h1-9,26H,10H2,(H2,25,27);5-8H,1-4H3,(H2,24,25);4-8H,1-3H3,(H2,23,24);3-6H,7H2,1-2H3,(H2,22,23);2-5,20H,1H3,(H2,19,21). The second-order valence-electron chi connectivity index (χ2n) is 30.6. The molecule has 0 aliphatic heterocycles. The minimum absolute atomic E-state index is 0.0226. The summed E-state index contributed by atoms with van der Waals surface area (Å²) in [4.78, 5) is 122. The Morgan fingerprint density at radius 2 is 0.684 bits per heavy atom. The average Bonchev–Trinajstić information content (AvgIpc) is 1.45.